The fourth-order valence-electron chi connectivity index (χ4n) is 3.14. The van der Waals surface area contributed by atoms with E-state index < -0.39 is 0 Å². The molecule has 0 radical (unpaired) electrons. The van der Waals surface area contributed by atoms with E-state index in [1.54, 1.807) is 6.07 Å². The van der Waals surface area contributed by atoms with E-state index in [4.69, 9.17) is 9.15 Å². The predicted octanol–water partition coefficient (Wildman–Crippen LogP) is 4.57. The number of ether oxygens (including phenoxy) is 1. The zero-order valence-corrected chi connectivity index (χ0v) is 12.9. The molecule has 3 heteroatoms. The number of furan rings is 1. The molecular weight excluding hydrogens is 288 g/mol. The number of hydrogen-bond donors (Lipinski definition) is 0. The lowest BCUT2D eigenvalue weighted by atomic mass is 9.92. The van der Waals surface area contributed by atoms with E-state index in [1.807, 2.05) is 30.3 Å². The molecule has 1 aliphatic carbocycles. The highest BCUT2D eigenvalue weighted by molar-refractivity contribution is 5.98. The zero-order chi connectivity index (χ0) is 15.6. The minimum Gasteiger partial charge on any atom is -0.485 e. The van der Waals surface area contributed by atoms with Crippen molar-refractivity contribution in [1.82, 2.24) is 0 Å². The molecule has 0 spiro atoms. The topological polar surface area (TPSA) is 39.4 Å². The summed E-state index contributed by atoms with van der Waals surface area (Å²) in [6.07, 6.45) is 4.74. The molecule has 3 nitrogen and oxygen atoms in total. The summed E-state index contributed by atoms with van der Waals surface area (Å²) in [6.45, 7) is -0.00138. The Labute approximate surface area is 134 Å². The van der Waals surface area contributed by atoms with E-state index in [2.05, 4.69) is 12.1 Å². The van der Waals surface area contributed by atoms with Gasteiger partial charge in [0.15, 0.2) is 12.4 Å². The van der Waals surface area contributed by atoms with Crippen molar-refractivity contribution in [3.05, 3.63) is 65.4 Å². The van der Waals surface area contributed by atoms with Crippen molar-refractivity contribution in [3.63, 3.8) is 0 Å². The molecule has 1 aromatic heterocycles. The smallest absolute Gasteiger partial charge is 0.235 e. The highest BCUT2D eigenvalue weighted by atomic mass is 16.5. The van der Waals surface area contributed by atoms with Crippen LogP contribution in [0.15, 0.2) is 52.9 Å². The fraction of sp³-hybridized carbons (Fsp3) is 0.250. The first-order valence-electron chi connectivity index (χ1n) is 8.06. The summed E-state index contributed by atoms with van der Waals surface area (Å²) < 4.78 is 11.3. The Morgan fingerprint density at radius 1 is 1.00 bits per heavy atom. The molecule has 0 aliphatic heterocycles. The molecule has 0 amide bonds. The van der Waals surface area contributed by atoms with Gasteiger partial charge in [-0.3, -0.25) is 4.79 Å². The second kappa shape index (κ2) is 5.92. The Bertz CT molecular complexity index is 827. The average Bonchev–Trinajstić information content (AvgIpc) is 3.04. The summed E-state index contributed by atoms with van der Waals surface area (Å²) in [5.74, 6) is 0.971. The third-order valence-electron chi connectivity index (χ3n) is 4.39. The van der Waals surface area contributed by atoms with Gasteiger partial charge >= 0.3 is 0 Å². The first-order valence-corrected chi connectivity index (χ1v) is 8.06. The number of aryl methyl sites for hydroxylation is 2. The molecule has 4 rings (SSSR count). The number of benzene rings is 2. The number of Topliss-reactive ketones (excluding diaryl/α,β-unsaturated/α-hetero) is 1. The molecule has 0 fully saturated rings. The summed E-state index contributed by atoms with van der Waals surface area (Å²) in [6, 6.07) is 15.5. The van der Waals surface area contributed by atoms with Crippen LogP contribution in [0.2, 0.25) is 0 Å². The van der Waals surface area contributed by atoms with E-state index in [9.17, 15) is 4.79 Å². The summed E-state index contributed by atoms with van der Waals surface area (Å²) in [4.78, 5) is 12.3. The fourth-order valence-corrected chi connectivity index (χ4v) is 3.14. The second-order valence-electron chi connectivity index (χ2n) is 6.00. The second-order valence-corrected chi connectivity index (χ2v) is 6.00. The van der Waals surface area contributed by atoms with Crippen LogP contribution in [-0.2, 0) is 12.8 Å². The molecule has 0 saturated carbocycles. The average molecular weight is 306 g/mol. The van der Waals surface area contributed by atoms with Crippen LogP contribution >= 0.6 is 0 Å². The molecule has 2 aromatic carbocycles. The Morgan fingerprint density at radius 3 is 2.70 bits per heavy atom. The highest BCUT2D eigenvalue weighted by Crippen LogP contribution is 2.25. The van der Waals surface area contributed by atoms with Gasteiger partial charge in [0.05, 0.1) is 0 Å². The zero-order valence-electron chi connectivity index (χ0n) is 12.9. The first-order chi connectivity index (χ1) is 11.3. The van der Waals surface area contributed by atoms with Crippen LogP contribution in [0.1, 0.15) is 34.5 Å². The number of carbonyl (C=O) groups excluding carboxylic acids is 1. The van der Waals surface area contributed by atoms with Crippen molar-refractivity contribution in [3.8, 4) is 5.75 Å². The highest BCUT2D eigenvalue weighted by Gasteiger charge is 2.14. The summed E-state index contributed by atoms with van der Waals surface area (Å²) in [5.41, 5.74) is 3.49. The number of para-hydroxylation sites is 1. The van der Waals surface area contributed by atoms with Gasteiger partial charge in [-0.25, -0.2) is 0 Å². The molecule has 0 unspecified atom stereocenters. The molecule has 0 N–H and O–H groups in total. The van der Waals surface area contributed by atoms with Crippen molar-refractivity contribution < 1.29 is 13.9 Å². The molecular formula is C20H18O3. The Balaban J connectivity index is 1.47. The molecule has 23 heavy (non-hydrogen) atoms. The predicted molar refractivity (Wildman–Crippen MR) is 89.1 cm³/mol. The van der Waals surface area contributed by atoms with Gasteiger partial charge in [-0.1, -0.05) is 24.3 Å². The number of rotatable bonds is 4. The van der Waals surface area contributed by atoms with Crippen LogP contribution < -0.4 is 4.74 Å². The van der Waals surface area contributed by atoms with Gasteiger partial charge in [-0.2, -0.15) is 0 Å². The van der Waals surface area contributed by atoms with Crippen LogP contribution in [0.3, 0.4) is 0 Å². The number of fused-ring (bicyclic) bond motifs is 2. The third-order valence-corrected chi connectivity index (χ3v) is 4.39. The minimum atomic E-state index is -0.140. The summed E-state index contributed by atoms with van der Waals surface area (Å²) in [7, 11) is 0. The van der Waals surface area contributed by atoms with Gasteiger partial charge in [-0.05, 0) is 61.1 Å². The van der Waals surface area contributed by atoms with Crippen LogP contribution in [0.4, 0.5) is 0 Å². The van der Waals surface area contributed by atoms with Crippen molar-refractivity contribution in [2.75, 3.05) is 6.61 Å². The van der Waals surface area contributed by atoms with Crippen molar-refractivity contribution in [2.24, 2.45) is 0 Å². The molecule has 0 bridgehead atoms. The van der Waals surface area contributed by atoms with Gasteiger partial charge in [0.2, 0.25) is 5.78 Å². The van der Waals surface area contributed by atoms with E-state index in [0.717, 1.165) is 29.6 Å². The first kappa shape index (κ1) is 14.1. The molecule has 0 saturated heterocycles. The largest absolute Gasteiger partial charge is 0.485 e. The van der Waals surface area contributed by atoms with Crippen molar-refractivity contribution >= 4 is 16.8 Å². The Morgan fingerprint density at radius 2 is 1.83 bits per heavy atom. The quantitative estimate of drug-likeness (QED) is 0.663. The summed E-state index contributed by atoms with van der Waals surface area (Å²) in [5, 5.41) is 0.935. The van der Waals surface area contributed by atoms with Gasteiger partial charge in [-0.15, -0.1) is 0 Å². The minimum absolute atomic E-state index is 0.00138. The number of hydrogen-bond acceptors (Lipinski definition) is 3. The van der Waals surface area contributed by atoms with Crippen LogP contribution in [0, 0.1) is 0 Å². The van der Waals surface area contributed by atoms with Crippen molar-refractivity contribution in [2.45, 2.75) is 25.7 Å². The van der Waals surface area contributed by atoms with E-state index in [-0.39, 0.29) is 12.4 Å². The lowest BCUT2D eigenvalue weighted by Crippen LogP contribution is -2.11. The van der Waals surface area contributed by atoms with Gasteiger partial charge in [0.25, 0.3) is 0 Å². The van der Waals surface area contributed by atoms with E-state index in [0.29, 0.717) is 5.76 Å². The lowest BCUT2D eigenvalue weighted by Gasteiger charge is -2.16. The summed E-state index contributed by atoms with van der Waals surface area (Å²) >= 11 is 0. The lowest BCUT2D eigenvalue weighted by molar-refractivity contribution is 0.0896. The van der Waals surface area contributed by atoms with E-state index >= 15 is 0 Å². The van der Waals surface area contributed by atoms with E-state index in [1.165, 1.54) is 24.0 Å². The third kappa shape index (κ3) is 2.87. The Hall–Kier alpha value is -2.55. The van der Waals surface area contributed by atoms with Crippen LogP contribution in [0.25, 0.3) is 11.0 Å². The van der Waals surface area contributed by atoms with Crippen LogP contribution in [0.5, 0.6) is 5.75 Å². The maximum atomic E-state index is 12.3. The Kier molecular flexibility index (Phi) is 3.62. The van der Waals surface area contributed by atoms with Crippen LogP contribution in [-0.4, -0.2) is 12.4 Å². The monoisotopic (exact) mass is 306 g/mol. The van der Waals surface area contributed by atoms with Gasteiger partial charge in [0.1, 0.15) is 11.3 Å². The standard InChI is InChI=1S/C20H18O3/c21-18(20-12-16-7-3-4-8-19(16)23-20)13-22-17-10-9-14-5-1-2-6-15(14)11-17/h3-4,7-12H,1-2,5-6,13H2. The maximum absolute atomic E-state index is 12.3. The van der Waals surface area contributed by atoms with Crippen molar-refractivity contribution in [1.29, 1.82) is 0 Å². The number of carbonyl (C=O) groups is 1. The molecule has 1 heterocycles. The molecule has 3 aromatic rings. The maximum Gasteiger partial charge on any atom is 0.235 e. The van der Waals surface area contributed by atoms with Gasteiger partial charge < -0.3 is 9.15 Å². The van der Waals surface area contributed by atoms with Gasteiger partial charge in [0, 0.05) is 5.39 Å². The normalized spacial score (nSPS) is 13.7. The number of ketones is 1. The molecule has 1 aliphatic rings. The molecule has 116 valence electrons. The SMILES string of the molecule is O=C(COc1ccc2c(c1)CCCC2)c1cc2ccccc2o1. The molecule has 0 atom stereocenters.